The zero-order chi connectivity index (χ0) is 17.1. The third-order valence-electron chi connectivity index (χ3n) is 4.32. The predicted octanol–water partition coefficient (Wildman–Crippen LogP) is 1.45. The van der Waals surface area contributed by atoms with E-state index >= 15 is 0 Å². The van der Waals surface area contributed by atoms with Crippen molar-refractivity contribution in [2.45, 2.75) is 38.6 Å². The number of primary amides is 1. The maximum atomic E-state index is 12.9. The Morgan fingerprint density at radius 3 is 2.50 bits per heavy atom. The van der Waals surface area contributed by atoms with Gasteiger partial charge in [0, 0.05) is 6.04 Å². The predicted molar refractivity (Wildman–Crippen MR) is 88.6 cm³/mol. The normalized spacial score (nSPS) is 14.7. The van der Waals surface area contributed by atoms with Gasteiger partial charge in [-0.1, -0.05) is 31.0 Å². The van der Waals surface area contributed by atoms with Crippen molar-refractivity contribution in [2.75, 3.05) is 6.54 Å². The molecular weight excluding hydrogens is 306 g/mol. The summed E-state index contributed by atoms with van der Waals surface area (Å²) in [7, 11) is 0. The first-order valence-electron chi connectivity index (χ1n) is 8.15. The number of hydrogen-bond acceptors (Lipinski definition) is 4. The van der Waals surface area contributed by atoms with E-state index in [0.717, 1.165) is 31.4 Å². The van der Waals surface area contributed by atoms with E-state index in [1.165, 1.54) is 4.80 Å². The lowest BCUT2D eigenvalue weighted by Crippen LogP contribution is -2.44. The molecule has 0 spiro atoms. The van der Waals surface area contributed by atoms with Crippen LogP contribution in [-0.4, -0.2) is 44.3 Å². The lowest BCUT2D eigenvalue weighted by molar-refractivity contribution is -0.119. The van der Waals surface area contributed by atoms with Crippen LogP contribution in [0.15, 0.2) is 30.3 Å². The fourth-order valence-electron chi connectivity index (χ4n) is 3.14. The summed E-state index contributed by atoms with van der Waals surface area (Å²) in [6.07, 6.45) is 3.90. The second-order valence-corrected chi connectivity index (χ2v) is 6.10. The van der Waals surface area contributed by atoms with E-state index < -0.39 is 5.91 Å². The van der Waals surface area contributed by atoms with Crippen molar-refractivity contribution in [1.82, 2.24) is 19.9 Å². The highest BCUT2D eigenvalue weighted by Crippen LogP contribution is 2.25. The molecule has 0 atom stereocenters. The molecule has 126 valence electrons. The van der Waals surface area contributed by atoms with Crippen LogP contribution >= 0.6 is 0 Å². The number of benzene rings is 1. The maximum Gasteiger partial charge on any atom is 0.277 e. The Hall–Kier alpha value is -2.70. The fraction of sp³-hybridized carbons (Fsp3) is 0.412. The number of carbonyl (C=O) groups is 2. The Balaban J connectivity index is 1.89. The highest BCUT2D eigenvalue weighted by atomic mass is 16.2. The largest absolute Gasteiger partial charge is 0.368 e. The zero-order valence-corrected chi connectivity index (χ0v) is 13.7. The molecule has 1 saturated carbocycles. The number of nitrogens with two attached hydrogens (primary N) is 1. The molecule has 1 fully saturated rings. The Morgan fingerprint density at radius 1 is 1.21 bits per heavy atom. The van der Waals surface area contributed by atoms with Gasteiger partial charge in [-0.25, -0.2) is 0 Å². The Labute approximate surface area is 140 Å². The van der Waals surface area contributed by atoms with Gasteiger partial charge in [-0.2, -0.15) is 9.90 Å². The molecule has 1 aromatic carbocycles. The van der Waals surface area contributed by atoms with Crippen LogP contribution in [0.1, 0.15) is 41.9 Å². The molecule has 2 amide bonds. The van der Waals surface area contributed by atoms with Gasteiger partial charge in [0.15, 0.2) is 5.69 Å². The lowest BCUT2D eigenvalue weighted by atomic mass is 10.2. The molecule has 3 rings (SSSR count). The van der Waals surface area contributed by atoms with Crippen LogP contribution in [0, 0.1) is 6.92 Å². The number of nitrogens with zero attached hydrogens (tertiary/aromatic N) is 4. The molecule has 1 aromatic heterocycles. The minimum Gasteiger partial charge on any atom is -0.368 e. The van der Waals surface area contributed by atoms with Gasteiger partial charge in [-0.3, -0.25) is 9.59 Å². The van der Waals surface area contributed by atoms with Gasteiger partial charge in [0.2, 0.25) is 5.91 Å². The average Bonchev–Trinajstić information content (AvgIpc) is 3.22. The highest BCUT2D eigenvalue weighted by Gasteiger charge is 2.31. The quantitative estimate of drug-likeness (QED) is 0.899. The van der Waals surface area contributed by atoms with Gasteiger partial charge in [0.05, 0.1) is 17.9 Å². The van der Waals surface area contributed by atoms with E-state index in [4.69, 9.17) is 5.73 Å². The number of aryl methyl sites for hydroxylation is 1. The van der Waals surface area contributed by atoms with Crippen molar-refractivity contribution in [3.8, 4) is 5.69 Å². The van der Waals surface area contributed by atoms with Crippen molar-refractivity contribution in [2.24, 2.45) is 5.73 Å². The number of hydrogen-bond donors (Lipinski definition) is 1. The van der Waals surface area contributed by atoms with E-state index in [2.05, 4.69) is 10.2 Å². The molecule has 1 aliphatic carbocycles. The van der Waals surface area contributed by atoms with Gasteiger partial charge in [0.25, 0.3) is 5.91 Å². The Bertz CT molecular complexity index is 735. The summed E-state index contributed by atoms with van der Waals surface area (Å²) >= 11 is 0. The topological polar surface area (TPSA) is 94.1 Å². The summed E-state index contributed by atoms with van der Waals surface area (Å²) in [4.78, 5) is 27.3. The second-order valence-electron chi connectivity index (χ2n) is 6.10. The first kappa shape index (κ1) is 16.2. The summed E-state index contributed by atoms with van der Waals surface area (Å²) in [6, 6.07) is 9.45. The van der Waals surface area contributed by atoms with E-state index in [1.54, 1.807) is 11.8 Å². The molecule has 1 heterocycles. The summed E-state index contributed by atoms with van der Waals surface area (Å²) < 4.78 is 0. The SMILES string of the molecule is Cc1nn(-c2ccccc2)nc1C(=O)N(CC(N)=O)C1CCCC1. The zero-order valence-electron chi connectivity index (χ0n) is 13.7. The number of aromatic nitrogens is 3. The summed E-state index contributed by atoms with van der Waals surface area (Å²) in [5.74, 6) is -0.788. The number of rotatable bonds is 5. The van der Waals surface area contributed by atoms with Crippen LogP contribution < -0.4 is 5.73 Å². The molecule has 24 heavy (non-hydrogen) atoms. The lowest BCUT2D eigenvalue weighted by Gasteiger charge is -2.27. The summed E-state index contributed by atoms with van der Waals surface area (Å²) in [5, 5.41) is 8.67. The Morgan fingerprint density at radius 2 is 1.88 bits per heavy atom. The number of amides is 2. The first-order valence-corrected chi connectivity index (χ1v) is 8.15. The van der Waals surface area contributed by atoms with Crippen LogP contribution in [0.4, 0.5) is 0 Å². The molecule has 0 unspecified atom stereocenters. The van der Waals surface area contributed by atoms with Gasteiger partial charge in [0.1, 0.15) is 0 Å². The number of para-hydroxylation sites is 1. The van der Waals surface area contributed by atoms with Crippen molar-refractivity contribution in [1.29, 1.82) is 0 Å². The van der Waals surface area contributed by atoms with E-state index in [0.29, 0.717) is 5.69 Å². The summed E-state index contributed by atoms with van der Waals surface area (Å²) in [5.41, 5.74) is 6.93. The van der Waals surface area contributed by atoms with Crippen LogP contribution in [0.2, 0.25) is 0 Å². The molecule has 0 radical (unpaired) electrons. The highest BCUT2D eigenvalue weighted by molar-refractivity contribution is 5.95. The molecule has 7 heteroatoms. The molecule has 0 bridgehead atoms. The number of carbonyl (C=O) groups excluding carboxylic acids is 2. The van der Waals surface area contributed by atoms with Crippen molar-refractivity contribution in [3.05, 3.63) is 41.7 Å². The van der Waals surface area contributed by atoms with E-state index in [-0.39, 0.29) is 24.2 Å². The molecule has 0 saturated heterocycles. The average molecular weight is 327 g/mol. The Kier molecular flexibility index (Phi) is 4.59. The smallest absolute Gasteiger partial charge is 0.277 e. The molecule has 2 N–H and O–H groups in total. The minimum absolute atomic E-state index is 0.0475. The van der Waals surface area contributed by atoms with Crippen molar-refractivity contribution in [3.63, 3.8) is 0 Å². The third-order valence-corrected chi connectivity index (χ3v) is 4.32. The minimum atomic E-state index is -0.511. The second kappa shape index (κ2) is 6.82. The molecule has 1 aliphatic rings. The molecule has 0 aliphatic heterocycles. The van der Waals surface area contributed by atoms with Crippen LogP contribution in [0.25, 0.3) is 5.69 Å². The van der Waals surface area contributed by atoms with Gasteiger partial charge >= 0.3 is 0 Å². The third kappa shape index (κ3) is 3.29. The van der Waals surface area contributed by atoms with Crippen LogP contribution in [-0.2, 0) is 4.79 Å². The van der Waals surface area contributed by atoms with E-state index in [9.17, 15) is 9.59 Å². The first-order chi connectivity index (χ1) is 11.6. The van der Waals surface area contributed by atoms with E-state index in [1.807, 2.05) is 30.3 Å². The molecule has 2 aromatic rings. The van der Waals surface area contributed by atoms with Gasteiger partial charge < -0.3 is 10.6 Å². The van der Waals surface area contributed by atoms with Crippen molar-refractivity contribution >= 4 is 11.8 Å². The van der Waals surface area contributed by atoms with Crippen molar-refractivity contribution < 1.29 is 9.59 Å². The van der Waals surface area contributed by atoms with Gasteiger partial charge in [-0.15, -0.1) is 5.10 Å². The standard InChI is InChI=1S/C17H21N5O2/c1-12-16(20-22(19-12)14-9-3-2-4-10-14)17(24)21(11-15(18)23)13-7-5-6-8-13/h2-4,9-10,13H,5-8,11H2,1H3,(H2,18,23). The van der Waals surface area contributed by atoms with Crippen LogP contribution in [0.5, 0.6) is 0 Å². The van der Waals surface area contributed by atoms with Gasteiger partial charge in [-0.05, 0) is 31.9 Å². The molecule has 7 nitrogen and oxygen atoms in total. The monoisotopic (exact) mass is 327 g/mol. The molecular formula is C17H21N5O2. The van der Waals surface area contributed by atoms with Crippen LogP contribution in [0.3, 0.4) is 0 Å². The summed E-state index contributed by atoms with van der Waals surface area (Å²) in [6.45, 7) is 1.66. The maximum absolute atomic E-state index is 12.9. The fourth-order valence-corrected chi connectivity index (χ4v) is 3.14.